The second-order valence-corrected chi connectivity index (χ2v) is 4.21. The molecular weight excluding hydrogens is 188 g/mol. The molecule has 1 aliphatic rings. The largest absolute Gasteiger partial charge is 0.360 e. The maximum atomic E-state index is 5.76. The molecule has 1 aliphatic carbocycles. The van der Waals surface area contributed by atoms with Crippen LogP contribution in [0.4, 0.5) is 0 Å². The molecule has 0 bridgehead atoms. The third-order valence-electron chi connectivity index (χ3n) is 3.21. The van der Waals surface area contributed by atoms with Crippen LogP contribution < -0.4 is 5.73 Å². The van der Waals surface area contributed by atoms with E-state index in [1.807, 2.05) is 24.5 Å². The number of nitrogens with zero attached hydrogens (tertiary/aromatic N) is 1. The van der Waals surface area contributed by atoms with Gasteiger partial charge in [-0.3, -0.25) is 0 Å². The van der Waals surface area contributed by atoms with E-state index in [0.29, 0.717) is 6.54 Å². The van der Waals surface area contributed by atoms with Gasteiger partial charge in [-0.2, -0.15) is 0 Å². The maximum Gasteiger partial charge on any atom is 0.114 e. The van der Waals surface area contributed by atoms with Crippen molar-refractivity contribution in [2.24, 2.45) is 5.73 Å². The zero-order valence-corrected chi connectivity index (χ0v) is 8.46. The number of nitrogens with two attached hydrogens (primary N) is 1. The van der Waals surface area contributed by atoms with Crippen molar-refractivity contribution in [2.45, 2.75) is 18.3 Å². The minimum atomic E-state index is 0.144. The Labute approximate surface area is 87.9 Å². The number of H-pyrrole nitrogens is 2. The van der Waals surface area contributed by atoms with Crippen LogP contribution in [0.15, 0.2) is 24.5 Å². The average Bonchev–Trinajstić information content (AvgIpc) is 2.74. The van der Waals surface area contributed by atoms with Crippen LogP contribution in [0.5, 0.6) is 0 Å². The summed E-state index contributed by atoms with van der Waals surface area (Å²) >= 11 is 0. The Bertz CT molecular complexity index is 451. The second-order valence-electron chi connectivity index (χ2n) is 4.21. The van der Waals surface area contributed by atoms with E-state index in [1.54, 1.807) is 0 Å². The lowest BCUT2D eigenvalue weighted by Crippen LogP contribution is -2.21. The van der Waals surface area contributed by atoms with E-state index >= 15 is 0 Å². The standard InChI is InChI=1S/C11H14N4/c12-7-11(3-4-11)10-14-6-9(15-10)8-2-1-5-13-8/h1-2,5-6,13H,3-4,7,12H2,(H,14,15). The fourth-order valence-electron chi connectivity index (χ4n) is 1.91. The predicted molar refractivity (Wildman–Crippen MR) is 58.3 cm³/mol. The molecule has 0 amide bonds. The molecule has 2 aromatic rings. The Morgan fingerprint density at radius 2 is 2.27 bits per heavy atom. The van der Waals surface area contributed by atoms with E-state index in [1.165, 1.54) is 0 Å². The van der Waals surface area contributed by atoms with Gasteiger partial charge in [-0.1, -0.05) is 0 Å². The first-order chi connectivity index (χ1) is 7.34. The number of hydrogen-bond acceptors (Lipinski definition) is 2. The van der Waals surface area contributed by atoms with Gasteiger partial charge in [-0.05, 0) is 25.0 Å². The monoisotopic (exact) mass is 202 g/mol. The van der Waals surface area contributed by atoms with Crippen LogP contribution in [0.1, 0.15) is 18.7 Å². The van der Waals surface area contributed by atoms with E-state index < -0.39 is 0 Å². The molecule has 0 spiro atoms. The minimum absolute atomic E-state index is 0.144. The highest BCUT2D eigenvalue weighted by Gasteiger charge is 2.45. The molecule has 0 unspecified atom stereocenters. The topological polar surface area (TPSA) is 70.5 Å². The lowest BCUT2D eigenvalue weighted by molar-refractivity contribution is 0.659. The van der Waals surface area contributed by atoms with Crippen molar-refractivity contribution in [3.05, 3.63) is 30.4 Å². The van der Waals surface area contributed by atoms with Crippen molar-refractivity contribution in [3.8, 4) is 11.4 Å². The Hall–Kier alpha value is -1.55. The first kappa shape index (κ1) is 8.73. The molecule has 0 radical (unpaired) electrons. The highest BCUT2D eigenvalue weighted by molar-refractivity contribution is 5.53. The summed E-state index contributed by atoms with van der Waals surface area (Å²) in [6.45, 7) is 0.685. The van der Waals surface area contributed by atoms with Crippen LogP contribution in [-0.2, 0) is 5.41 Å². The van der Waals surface area contributed by atoms with E-state index in [2.05, 4.69) is 15.0 Å². The van der Waals surface area contributed by atoms with E-state index in [9.17, 15) is 0 Å². The fraction of sp³-hybridized carbons (Fsp3) is 0.364. The third kappa shape index (κ3) is 1.29. The normalized spacial score (nSPS) is 17.9. The molecule has 2 aromatic heterocycles. The van der Waals surface area contributed by atoms with Crippen LogP contribution in [0.3, 0.4) is 0 Å². The molecular formula is C11H14N4. The minimum Gasteiger partial charge on any atom is -0.360 e. The zero-order chi connectivity index (χ0) is 10.3. The molecule has 0 saturated heterocycles. The predicted octanol–water partition coefficient (Wildman–Crippen LogP) is 1.40. The van der Waals surface area contributed by atoms with Crippen LogP contribution in [0.25, 0.3) is 11.4 Å². The summed E-state index contributed by atoms with van der Waals surface area (Å²) in [5.74, 6) is 1.04. The molecule has 0 aromatic carbocycles. The Kier molecular flexibility index (Phi) is 1.73. The van der Waals surface area contributed by atoms with Crippen LogP contribution in [0.2, 0.25) is 0 Å². The van der Waals surface area contributed by atoms with Crippen molar-refractivity contribution < 1.29 is 0 Å². The number of imidazole rings is 1. The molecule has 1 fully saturated rings. The summed E-state index contributed by atoms with van der Waals surface area (Å²) in [7, 11) is 0. The van der Waals surface area contributed by atoms with Crippen molar-refractivity contribution >= 4 is 0 Å². The summed E-state index contributed by atoms with van der Waals surface area (Å²) in [5.41, 5.74) is 8.01. The molecule has 15 heavy (non-hydrogen) atoms. The second kappa shape index (κ2) is 2.97. The summed E-state index contributed by atoms with van der Waals surface area (Å²) in [6.07, 6.45) is 6.09. The van der Waals surface area contributed by atoms with Gasteiger partial charge in [0.15, 0.2) is 0 Å². The highest BCUT2D eigenvalue weighted by atomic mass is 15.0. The van der Waals surface area contributed by atoms with Crippen molar-refractivity contribution in [1.29, 1.82) is 0 Å². The van der Waals surface area contributed by atoms with E-state index in [-0.39, 0.29) is 5.41 Å². The zero-order valence-electron chi connectivity index (χ0n) is 8.46. The van der Waals surface area contributed by atoms with E-state index in [0.717, 1.165) is 30.1 Å². The smallest absolute Gasteiger partial charge is 0.114 e. The molecule has 2 heterocycles. The van der Waals surface area contributed by atoms with Crippen LogP contribution in [-0.4, -0.2) is 21.5 Å². The lowest BCUT2D eigenvalue weighted by Gasteiger charge is -2.07. The SMILES string of the molecule is NCC1(c2ncc(-c3ccc[nH]3)[nH]2)CC1. The summed E-state index contributed by atoms with van der Waals surface area (Å²) in [6, 6.07) is 4.00. The van der Waals surface area contributed by atoms with Gasteiger partial charge in [0.2, 0.25) is 0 Å². The fourth-order valence-corrected chi connectivity index (χ4v) is 1.91. The number of rotatable bonds is 3. The first-order valence-electron chi connectivity index (χ1n) is 5.23. The first-order valence-corrected chi connectivity index (χ1v) is 5.23. The van der Waals surface area contributed by atoms with Gasteiger partial charge >= 0.3 is 0 Å². The van der Waals surface area contributed by atoms with Gasteiger partial charge < -0.3 is 15.7 Å². The Morgan fingerprint density at radius 1 is 1.40 bits per heavy atom. The molecule has 0 atom stereocenters. The van der Waals surface area contributed by atoms with Crippen molar-refractivity contribution in [3.63, 3.8) is 0 Å². The molecule has 4 heteroatoms. The number of hydrogen-bond donors (Lipinski definition) is 3. The highest BCUT2D eigenvalue weighted by Crippen LogP contribution is 2.45. The summed E-state index contributed by atoms with van der Waals surface area (Å²) < 4.78 is 0. The van der Waals surface area contributed by atoms with Gasteiger partial charge in [0.1, 0.15) is 5.82 Å². The maximum absolute atomic E-state index is 5.76. The molecule has 1 saturated carbocycles. The molecule has 4 nitrogen and oxygen atoms in total. The van der Waals surface area contributed by atoms with Gasteiger partial charge in [-0.25, -0.2) is 4.98 Å². The molecule has 4 N–H and O–H groups in total. The number of nitrogens with one attached hydrogen (secondary N) is 2. The summed E-state index contributed by atoms with van der Waals surface area (Å²) in [4.78, 5) is 10.9. The number of aromatic nitrogens is 3. The van der Waals surface area contributed by atoms with E-state index in [4.69, 9.17) is 5.73 Å². The van der Waals surface area contributed by atoms with Crippen molar-refractivity contribution in [2.75, 3.05) is 6.54 Å². The lowest BCUT2D eigenvalue weighted by atomic mass is 10.1. The quantitative estimate of drug-likeness (QED) is 0.704. The number of aromatic amines is 2. The van der Waals surface area contributed by atoms with Crippen LogP contribution in [0, 0.1) is 0 Å². The van der Waals surface area contributed by atoms with Gasteiger partial charge in [-0.15, -0.1) is 0 Å². The third-order valence-corrected chi connectivity index (χ3v) is 3.21. The average molecular weight is 202 g/mol. The summed E-state index contributed by atoms with van der Waals surface area (Å²) in [5, 5.41) is 0. The van der Waals surface area contributed by atoms with Gasteiger partial charge in [0.05, 0.1) is 17.6 Å². The molecule has 3 rings (SSSR count). The molecule has 78 valence electrons. The molecule has 0 aliphatic heterocycles. The van der Waals surface area contributed by atoms with Gasteiger partial charge in [0, 0.05) is 18.2 Å². The van der Waals surface area contributed by atoms with Crippen LogP contribution >= 0.6 is 0 Å². The Morgan fingerprint density at radius 3 is 2.87 bits per heavy atom. The van der Waals surface area contributed by atoms with Gasteiger partial charge in [0.25, 0.3) is 0 Å². The van der Waals surface area contributed by atoms with Crippen molar-refractivity contribution in [1.82, 2.24) is 15.0 Å². The Balaban J connectivity index is 1.95.